The summed E-state index contributed by atoms with van der Waals surface area (Å²) in [5, 5.41) is 20.1. The van der Waals surface area contributed by atoms with Crippen molar-refractivity contribution >= 4 is 22.9 Å². The van der Waals surface area contributed by atoms with Gasteiger partial charge in [-0.2, -0.15) is 0 Å². The van der Waals surface area contributed by atoms with Crippen molar-refractivity contribution in [3.63, 3.8) is 0 Å². The number of thioether (sulfide) groups is 1. The van der Waals surface area contributed by atoms with Gasteiger partial charge in [-0.25, -0.2) is 0 Å². The zero-order chi connectivity index (χ0) is 24.2. The molecular weight excluding hydrogens is 461 g/mol. The van der Waals surface area contributed by atoms with Gasteiger partial charge in [0, 0.05) is 30.3 Å². The predicted molar refractivity (Wildman–Crippen MR) is 140 cm³/mol. The minimum absolute atomic E-state index is 0.124. The van der Waals surface area contributed by atoms with E-state index in [2.05, 4.69) is 17.0 Å². The molecule has 2 aliphatic rings. The molecule has 0 radical (unpaired) electrons. The lowest BCUT2D eigenvalue weighted by molar-refractivity contribution is 0.198. The molecule has 0 saturated carbocycles. The number of hydrogen-bond donors (Lipinski definition) is 2. The van der Waals surface area contributed by atoms with E-state index in [9.17, 15) is 14.6 Å². The Kier molecular flexibility index (Phi) is 7.30. The Balaban J connectivity index is 1.47. The number of aromatic hydroxyl groups is 2. The number of benzene rings is 3. The van der Waals surface area contributed by atoms with Crippen LogP contribution < -0.4 is 4.74 Å². The number of fused-ring (bicyclic) bond motifs is 1. The maximum Gasteiger partial charge on any atom is 0.119 e. The van der Waals surface area contributed by atoms with Gasteiger partial charge in [0.15, 0.2) is 0 Å². The van der Waals surface area contributed by atoms with E-state index in [0.717, 1.165) is 71.1 Å². The van der Waals surface area contributed by atoms with Crippen LogP contribution >= 0.6 is 11.8 Å². The molecule has 2 N–H and O–H groups in total. The summed E-state index contributed by atoms with van der Waals surface area (Å²) in [7, 11) is 0. The molecule has 0 aromatic heterocycles. The second-order valence-electron chi connectivity index (χ2n) is 9.08. The molecule has 182 valence electrons. The van der Waals surface area contributed by atoms with E-state index in [1.807, 2.05) is 36.4 Å². The lowest BCUT2D eigenvalue weighted by Crippen LogP contribution is -2.26. The first kappa shape index (κ1) is 23.8. The summed E-state index contributed by atoms with van der Waals surface area (Å²) in [6.07, 6.45) is 2.53. The van der Waals surface area contributed by atoms with Gasteiger partial charge in [0.25, 0.3) is 0 Å². The second-order valence-corrected chi connectivity index (χ2v) is 10.2. The summed E-state index contributed by atoms with van der Waals surface area (Å²) >= 11 is 1.79. The van der Waals surface area contributed by atoms with Crippen LogP contribution in [0.15, 0.2) is 71.6 Å². The summed E-state index contributed by atoms with van der Waals surface area (Å²) in [5.41, 5.74) is 5.43. The monoisotopic (exact) mass is 491 g/mol. The van der Waals surface area contributed by atoms with Crippen molar-refractivity contribution in [2.24, 2.45) is 0 Å². The number of hydrogen-bond acceptors (Lipinski definition) is 5. The topological polar surface area (TPSA) is 52.9 Å². The summed E-state index contributed by atoms with van der Waals surface area (Å²) in [6.45, 7) is 2.30. The third-order valence-electron chi connectivity index (χ3n) is 6.64. The molecular formula is C29H30FNO3S. The van der Waals surface area contributed by atoms with E-state index in [0.29, 0.717) is 6.42 Å². The van der Waals surface area contributed by atoms with E-state index >= 15 is 0 Å². The average molecular weight is 492 g/mol. The summed E-state index contributed by atoms with van der Waals surface area (Å²) in [6, 6.07) is 21.1. The zero-order valence-electron chi connectivity index (χ0n) is 19.6. The first-order chi connectivity index (χ1) is 17.1. The molecule has 3 aromatic carbocycles. The summed E-state index contributed by atoms with van der Waals surface area (Å²) < 4.78 is 18.7. The third kappa shape index (κ3) is 5.49. The van der Waals surface area contributed by atoms with Crippen LogP contribution in [-0.2, 0) is 0 Å². The fourth-order valence-corrected chi connectivity index (χ4v) is 5.95. The Morgan fingerprint density at radius 1 is 0.943 bits per heavy atom. The van der Waals surface area contributed by atoms with Crippen molar-refractivity contribution in [1.29, 1.82) is 0 Å². The molecule has 6 heteroatoms. The Bertz CT molecular complexity index is 1190. The number of allylic oxidation sites excluding steroid dienone is 1. The van der Waals surface area contributed by atoms with Crippen molar-refractivity contribution in [1.82, 2.24) is 4.90 Å². The van der Waals surface area contributed by atoms with Crippen LogP contribution in [0.2, 0.25) is 0 Å². The van der Waals surface area contributed by atoms with E-state index < -0.39 is 0 Å². The third-order valence-corrected chi connectivity index (χ3v) is 7.72. The van der Waals surface area contributed by atoms with Gasteiger partial charge in [0.1, 0.15) is 23.4 Å². The molecule has 2 aliphatic heterocycles. The first-order valence-electron chi connectivity index (χ1n) is 12.1. The number of likely N-dealkylation sites (tertiary alicyclic amines) is 1. The highest BCUT2D eigenvalue weighted by molar-refractivity contribution is 7.99. The van der Waals surface area contributed by atoms with Gasteiger partial charge in [0.05, 0.1) is 6.67 Å². The van der Waals surface area contributed by atoms with Crippen molar-refractivity contribution in [3.05, 3.63) is 83.4 Å². The Labute approximate surface area is 210 Å². The first-order valence-corrected chi connectivity index (χ1v) is 13.1. The second kappa shape index (κ2) is 10.8. The zero-order valence-corrected chi connectivity index (χ0v) is 20.4. The minimum atomic E-state index is -0.273. The highest BCUT2D eigenvalue weighted by Crippen LogP contribution is 2.44. The van der Waals surface area contributed by atoms with Crippen LogP contribution in [0.4, 0.5) is 4.39 Å². The van der Waals surface area contributed by atoms with Gasteiger partial charge in [-0.3, -0.25) is 9.29 Å². The van der Waals surface area contributed by atoms with Crippen molar-refractivity contribution in [3.8, 4) is 17.2 Å². The molecule has 0 bridgehead atoms. The standard InChI is InChI=1S/C29H30FNO3S/c30-14-1-15-31-16-12-25(19-31)34-24-9-4-21(5-10-24)29-26(20-2-6-22(32)7-3-20)13-17-35-28-11-8-23(33)18-27(28)29/h2-11,18,25,32-33H,1,12-17,19H2/t25-/m0/s1. The fourth-order valence-electron chi connectivity index (χ4n) is 4.94. The number of alkyl halides is 1. The molecule has 1 saturated heterocycles. The summed E-state index contributed by atoms with van der Waals surface area (Å²) in [5.74, 6) is 2.25. The van der Waals surface area contributed by atoms with Gasteiger partial charge in [-0.1, -0.05) is 24.3 Å². The number of phenolic OH excluding ortho intramolecular Hbond substituents is 2. The molecule has 0 aliphatic carbocycles. The quantitative estimate of drug-likeness (QED) is 0.402. The maximum absolute atomic E-state index is 12.5. The van der Waals surface area contributed by atoms with E-state index in [-0.39, 0.29) is 24.3 Å². The van der Waals surface area contributed by atoms with Crippen LogP contribution in [0.25, 0.3) is 11.1 Å². The number of phenols is 2. The molecule has 1 atom stereocenters. The van der Waals surface area contributed by atoms with Gasteiger partial charge < -0.3 is 14.9 Å². The smallest absolute Gasteiger partial charge is 0.119 e. The number of halogens is 1. The van der Waals surface area contributed by atoms with Gasteiger partial charge in [-0.15, -0.1) is 11.8 Å². The van der Waals surface area contributed by atoms with E-state index in [1.165, 1.54) is 5.57 Å². The van der Waals surface area contributed by atoms with Crippen LogP contribution in [0, 0.1) is 0 Å². The minimum Gasteiger partial charge on any atom is -0.508 e. The Morgan fingerprint density at radius 3 is 2.46 bits per heavy atom. The number of ether oxygens (including phenoxy) is 1. The highest BCUT2D eigenvalue weighted by atomic mass is 32.2. The van der Waals surface area contributed by atoms with E-state index in [1.54, 1.807) is 30.0 Å². The Hall–Kier alpha value is -2.96. The molecule has 0 amide bonds. The van der Waals surface area contributed by atoms with E-state index in [4.69, 9.17) is 4.74 Å². The Morgan fingerprint density at radius 2 is 1.69 bits per heavy atom. The molecule has 4 nitrogen and oxygen atoms in total. The highest BCUT2D eigenvalue weighted by Gasteiger charge is 2.24. The fraction of sp³-hybridized carbons (Fsp3) is 0.310. The molecule has 5 rings (SSSR count). The number of nitrogens with zero attached hydrogens (tertiary/aromatic N) is 1. The van der Waals surface area contributed by atoms with Crippen LogP contribution in [0.1, 0.15) is 36.0 Å². The lowest BCUT2D eigenvalue weighted by Gasteiger charge is -2.18. The van der Waals surface area contributed by atoms with Crippen molar-refractivity contribution in [2.75, 3.05) is 32.1 Å². The predicted octanol–water partition coefficient (Wildman–Crippen LogP) is 6.37. The van der Waals surface area contributed by atoms with Crippen molar-refractivity contribution < 1.29 is 19.3 Å². The molecule has 0 spiro atoms. The molecule has 3 aromatic rings. The molecule has 35 heavy (non-hydrogen) atoms. The average Bonchev–Trinajstić information content (AvgIpc) is 3.23. The van der Waals surface area contributed by atoms with Gasteiger partial charge in [0.2, 0.25) is 0 Å². The summed E-state index contributed by atoms with van der Waals surface area (Å²) in [4.78, 5) is 3.41. The molecule has 1 fully saturated rings. The largest absolute Gasteiger partial charge is 0.508 e. The molecule has 2 heterocycles. The number of rotatable bonds is 7. The van der Waals surface area contributed by atoms with Crippen LogP contribution in [-0.4, -0.2) is 53.3 Å². The molecule has 0 unspecified atom stereocenters. The van der Waals surface area contributed by atoms with Crippen LogP contribution in [0.5, 0.6) is 17.2 Å². The normalized spacial score (nSPS) is 18.4. The van der Waals surface area contributed by atoms with Crippen LogP contribution in [0.3, 0.4) is 0 Å². The lowest BCUT2D eigenvalue weighted by atomic mass is 9.88. The van der Waals surface area contributed by atoms with Crippen molar-refractivity contribution in [2.45, 2.75) is 30.3 Å². The maximum atomic E-state index is 12.5. The van der Waals surface area contributed by atoms with Gasteiger partial charge in [-0.05, 0) is 89.6 Å². The van der Waals surface area contributed by atoms with Gasteiger partial charge >= 0.3 is 0 Å². The SMILES string of the molecule is Oc1ccc(C2=C(c3ccc(O[C@H]4CCN(CCCF)C4)cc3)c3cc(O)ccc3SCC2)cc1.